The molecular formula is C22H21ClN4O4. The van der Waals surface area contributed by atoms with E-state index in [1.54, 1.807) is 13.0 Å². The van der Waals surface area contributed by atoms with Gasteiger partial charge in [-0.05, 0) is 44.0 Å². The Morgan fingerprint density at radius 1 is 1.23 bits per heavy atom. The van der Waals surface area contributed by atoms with Gasteiger partial charge in [-0.25, -0.2) is 4.79 Å². The van der Waals surface area contributed by atoms with Crippen molar-refractivity contribution in [3.63, 3.8) is 0 Å². The van der Waals surface area contributed by atoms with Gasteiger partial charge < -0.3 is 14.5 Å². The van der Waals surface area contributed by atoms with Crippen molar-refractivity contribution in [3.05, 3.63) is 68.9 Å². The Labute approximate surface area is 182 Å². The highest BCUT2D eigenvalue weighted by atomic mass is 35.5. The maximum Gasteiger partial charge on any atom is 0.339 e. The number of hydrogen-bond donors (Lipinski definition) is 1. The molecule has 8 nitrogen and oxygen atoms in total. The lowest BCUT2D eigenvalue weighted by atomic mass is 10.1. The van der Waals surface area contributed by atoms with Crippen LogP contribution in [0.2, 0.25) is 5.02 Å². The van der Waals surface area contributed by atoms with Crippen LogP contribution in [0.25, 0.3) is 16.6 Å². The minimum absolute atomic E-state index is 0.200. The molecule has 9 heteroatoms. The molecule has 4 aromatic rings. The van der Waals surface area contributed by atoms with Crippen molar-refractivity contribution in [3.8, 4) is 5.75 Å². The second-order valence-corrected chi connectivity index (χ2v) is 7.61. The van der Waals surface area contributed by atoms with Gasteiger partial charge in [0.15, 0.2) is 12.3 Å². The number of carbonyl (C=O) groups excluding carboxylic acids is 1. The van der Waals surface area contributed by atoms with Crippen molar-refractivity contribution in [2.45, 2.75) is 26.7 Å². The number of benzene rings is 1. The molecule has 0 atom stereocenters. The van der Waals surface area contributed by atoms with Gasteiger partial charge in [-0.15, -0.1) is 10.2 Å². The van der Waals surface area contributed by atoms with E-state index in [0.29, 0.717) is 35.6 Å². The van der Waals surface area contributed by atoms with Gasteiger partial charge >= 0.3 is 5.63 Å². The zero-order valence-electron chi connectivity index (χ0n) is 17.1. The fourth-order valence-corrected chi connectivity index (χ4v) is 3.50. The van der Waals surface area contributed by atoms with E-state index >= 15 is 0 Å². The number of hydrogen-bond acceptors (Lipinski definition) is 6. The van der Waals surface area contributed by atoms with Crippen molar-refractivity contribution >= 4 is 34.1 Å². The highest BCUT2D eigenvalue weighted by molar-refractivity contribution is 6.32. The summed E-state index contributed by atoms with van der Waals surface area (Å²) in [6, 6.07) is 8.94. The first kappa shape index (κ1) is 20.9. The third kappa shape index (κ3) is 4.39. The molecule has 0 unspecified atom stereocenters. The summed E-state index contributed by atoms with van der Waals surface area (Å²) < 4.78 is 12.8. The molecule has 0 aliphatic rings. The van der Waals surface area contributed by atoms with Gasteiger partial charge in [0, 0.05) is 36.2 Å². The van der Waals surface area contributed by atoms with Gasteiger partial charge in [0.1, 0.15) is 17.2 Å². The van der Waals surface area contributed by atoms with Crippen LogP contribution in [0, 0.1) is 13.8 Å². The van der Waals surface area contributed by atoms with Crippen molar-refractivity contribution in [1.82, 2.24) is 19.9 Å². The Balaban J connectivity index is 1.31. The molecule has 0 saturated heterocycles. The molecule has 0 radical (unpaired) electrons. The zero-order valence-corrected chi connectivity index (χ0v) is 17.9. The maximum absolute atomic E-state index is 12.1. The van der Waals surface area contributed by atoms with Gasteiger partial charge in [0.25, 0.3) is 5.91 Å². The lowest BCUT2D eigenvalue weighted by Gasteiger charge is -2.11. The molecule has 31 heavy (non-hydrogen) atoms. The number of rotatable bonds is 7. The molecule has 3 aromatic heterocycles. The molecule has 0 aliphatic carbocycles. The largest absolute Gasteiger partial charge is 0.482 e. The first-order chi connectivity index (χ1) is 14.9. The standard InChI is InChI=1S/C22H21ClN4O4/c1-13-14(2)22(29)31-17-11-18(16(23)10-15(13)17)30-12-21(28)24-8-5-7-20-26-25-19-6-3-4-9-27(19)20/h3-4,6,9-11H,5,7-8,12H2,1-2H3,(H,24,28). The summed E-state index contributed by atoms with van der Waals surface area (Å²) in [6.07, 6.45) is 3.30. The molecule has 0 bridgehead atoms. The van der Waals surface area contributed by atoms with E-state index in [0.717, 1.165) is 22.4 Å². The van der Waals surface area contributed by atoms with Gasteiger partial charge in [-0.3, -0.25) is 9.20 Å². The smallest absolute Gasteiger partial charge is 0.339 e. The summed E-state index contributed by atoms with van der Waals surface area (Å²) in [6.45, 7) is 3.81. The van der Waals surface area contributed by atoms with Gasteiger partial charge in [-0.2, -0.15) is 0 Å². The summed E-state index contributed by atoms with van der Waals surface area (Å²) in [5, 5.41) is 12.2. The predicted octanol–water partition coefficient (Wildman–Crippen LogP) is 3.23. The summed E-state index contributed by atoms with van der Waals surface area (Å²) >= 11 is 6.29. The Morgan fingerprint density at radius 3 is 2.90 bits per heavy atom. The van der Waals surface area contributed by atoms with Crippen LogP contribution in [0.15, 0.2) is 45.7 Å². The molecule has 1 aromatic carbocycles. The first-order valence-corrected chi connectivity index (χ1v) is 10.2. The number of pyridine rings is 1. The minimum atomic E-state index is -0.406. The van der Waals surface area contributed by atoms with E-state index in [9.17, 15) is 9.59 Å². The minimum Gasteiger partial charge on any atom is -0.482 e. The number of ether oxygens (including phenoxy) is 1. The van der Waals surface area contributed by atoms with E-state index in [2.05, 4.69) is 15.5 Å². The number of nitrogens with zero attached hydrogens (tertiary/aromatic N) is 3. The van der Waals surface area contributed by atoms with Gasteiger partial charge in [0.05, 0.1) is 5.02 Å². The molecule has 3 heterocycles. The third-order valence-electron chi connectivity index (χ3n) is 5.15. The Morgan fingerprint density at radius 2 is 2.06 bits per heavy atom. The number of aromatic nitrogens is 3. The lowest BCUT2D eigenvalue weighted by Crippen LogP contribution is -2.30. The number of nitrogens with one attached hydrogen (secondary N) is 1. The van der Waals surface area contributed by atoms with Crippen LogP contribution < -0.4 is 15.7 Å². The van der Waals surface area contributed by atoms with E-state index in [1.165, 1.54) is 6.07 Å². The summed E-state index contributed by atoms with van der Waals surface area (Å²) in [5.41, 5.74) is 2.10. The lowest BCUT2D eigenvalue weighted by molar-refractivity contribution is -0.123. The molecule has 160 valence electrons. The Hall–Kier alpha value is -3.39. The molecule has 1 amide bonds. The van der Waals surface area contributed by atoms with Crippen LogP contribution in [0.4, 0.5) is 0 Å². The summed E-state index contributed by atoms with van der Waals surface area (Å²) in [7, 11) is 0. The highest BCUT2D eigenvalue weighted by Gasteiger charge is 2.13. The SMILES string of the molecule is Cc1c(C)c2cc(Cl)c(OCC(=O)NCCCc3nnc4ccccn34)cc2oc1=O. The average Bonchev–Trinajstić information content (AvgIpc) is 3.18. The molecule has 0 spiro atoms. The molecule has 0 aliphatic heterocycles. The van der Waals surface area contributed by atoms with Crippen molar-refractivity contribution < 1.29 is 13.9 Å². The number of fused-ring (bicyclic) bond motifs is 2. The third-order valence-corrected chi connectivity index (χ3v) is 5.45. The number of amides is 1. The Bertz CT molecular complexity index is 1330. The second kappa shape index (κ2) is 8.77. The van der Waals surface area contributed by atoms with Crippen LogP contribution in [-0.4, -0.2) is 33.7 Å². The summed E-state index contributed by atoms with van der Waals surface area (Å²) in [5.74, 6) is 0.852. The van der Waals surface area contributed by atoms with Crippen LogP contribution in [0.1, 0.15) is 23.4 Å². The van der Waals surface area contributed by atoms with Crippen molar-refractivity contribution in [1.29, 1.82) is 0 Å². The molecule has 1 N–H and O–H groups in total. The second-order valence-electron chi connectivity index (χ2n) is 7.21. The Kier molecular flexibility index (Phi) is 5.90. The summed E-state index contributed by atoms with van der Waals surface area (Å²) in [4.78, 5) is 24.0. The van der Waals surface area contributed by atoms with Crippen molar-refractivity contribution in [2.75, 3.05) is 13.2 Å². The first-order valence-electron chi connectivity index (χ1n) is 9.85. The fourth-order valence-electron chi connectivity index (χ4n) is 3.28. The molecule has 0 saturated carbocycles. The topological polar surface area (TPSA) is 98.7 Å². The average molecular weight is 441 g/mol. The normalized spacial score (nSPS) is 11.2. The predicted molar refractivity (Wildman–Crippen MR) is 117 cm³/mol. The molecular weight excluding hydrogens is 420 g/mol. The van der Waals surface area contributed by atoms with E-state index in [-0.39, 0.29) is 18.3 Å². The maximum atomic E-state index is 12.1. The monoisotopic (exact) mass is 440 g/mol. The van der Waals surface area contributed by atoms with Crippen LogP contribution >= 0.6 is 11.6 Å². The van der Waals surface area contributed by atoms with Crippen LogP contribution in [0.5, 0.6) is 5.75 Å². The number of carbonyl (C=O) groups is 1. The molecule has 4 rings (SSSR count). The van der Waals surface area contributed by atoms with Crippen molar-refractivity contribution in [2.24, 2.45) is 0 Å². The molecule has 0 fully saturated rings. The van der Waals surface area contributed by atoms with Gasteiger partial charge in [0.2, 0.25) is 0 Å². The number of halogens is 1. The quantitative estimate of drug-likeness (QED) is 0.350. The van der Waals surface area contributed by atoms with E-state index in [4.69, 9.17) is 20.8 Å². The van der Waals surface area contributed by atoms with Crippen LogP contribution in [0.3, 0.4) is 0 Å². The highest BCUT2D eigenvalue weighted by Crippen LogP contribution is 2.31. The van der Waals surface area contributed by atoms with E-state index in [1.807, 2.05) is 35.7 Å². The zero-order chi connectivity index (χ0) is 22.0. The van der Waals surface area contributed by atoms with Gasteiger partial charge in [-0.1, -0.05) is 17.7 Å². The van der Waals surface area contributed by atoms with E-state index < -0.39 is 5.63 Å². The van der Waals surface area contributed by atoms with Crippen LogP contribution in [-0.2, 0) is 11.2 Å². The fraction of sp³-hybridized carbons (Fsp3) is 0.273. The number of aryl methyl sites for hydroxylation is 2.